The first-order valence-corrected chi connectivity index (χ1v) is 8.57. The molecule has 0 aliphatic carbocycles. The molecular weight excluding hydrogens is 342 g/mol. The molecule has 3 amide bonds. The molecule has 0 unspecified atom stereocenters. The quantitative estimate of drug-likeness (QED) is 0.625. The highest BCUT2D eigenvalue weighted by atomic mass is 16.3. The number of carbonyl (C=O) groups excluding carboxylic acids is 2. The molecule has 0 saturated carbocycles. The van der Waals surface area contributed by atoms with Crippen LogP contribution in [0.1, 0.15) is 27.2 Å². The van der Waals surface area contributed by atoms with Crippen molar-refractivity contribution in [1.29, 1.82) is 0 Å². The predicted molar refractivity (Wildman–Crippen MR) is 105 cm³/mol. The third-order valence-corrected chi connectivity index (χ3v) is 4.01. The molecule has 0 radical (unpaired) electrons. The summed E-state index contributed by atoms with van der Waals surface area (Å²) in [5.41, 5.74) is 4.42. The zero-order chi connectivity index (χ0) is 19.2. The van der Waals surface area contributed by atoms with Gasteiger partial charge in [-0.25, -0.2) is 4.79 Å². The van der Waals surface area contributed by atoms with E-state index in [2.05, 4.69) is 16.0 Å². The number of nitrogens with one attached hydrogen (secondary N) is 3. The fourth-order valence-corrected chi connectivity index (χ4v) is 2.66. The summed E-state index contributed by atoms with van der Waals surface area (Å²) in [5.74, 6) is -0.0796. The molecule has 0 atom stereocenters. The third-order valence-electron chi connectivity index (χ3n) is 4.01. The lowest BCUT2D eigenvalue weighted by molar-refractivity contribution is 0.0996. The van der Waals surface area contributed by atoms with Gasteiger partial charge in [0.1, 0.15) is 0 Å². The highest BCUT2D eigenvalue weighted by Gasteiger charge is 2.09. The molecular formula is C21H21N3O3. The Morgan fingerprint density at radius 3 is 2.56 bits per heavy atom. The Morgan fingerprint density at radius 1 is 0.963 bits per heavy atom. The molecule has 3 aromatic rings. The topological polar surface area (TPSA) is 83.4 Å². The Kier molecular flexibility index (Phi) is 5.56. The van der Waals surface area contributed by atoms with Crippen molar-refractivity contribution in [2.45, 2.75) is 20.4 Å². The molecule has 6 heteroatoms. The van der Waals surface area contributed by atoms with Crippen LogP contribution in [0.2, 0.25) is 0 Å². The summed E-state index contributed by atoms with van der Waals surface area (Å²) < 4.78 is 5.07. The first-order valence-electron chi connectivity index (χ1n) is 8.57. The number of carbonyl (C=O) groups is 2. The number of furan rings is 1. The Labute approximate surface area is 157 Å². The number of urea groups is 1. The second-order valence-electron chi connectivity index (χ2n) is 6.26. The molecule has 3 rings (SSSR count). The van der Waals surface area contributed by atoms with Gasteiger partial charge in [-0.3, -0.25) is 4.79 Å². The van der Waals surface area contributed by atoms with Gasteiger partial charge in [-0.05, 0) is 55.3 Å². The maximum atomic E-state index is 12.1. The van der Waals surface area contributed by atoms with E-state index in [1.807, 2.05) is 44.2 Å². The number of benzene rings is 2. The van der Waals surface area contributed by atoms with Gasteiger partial charge in [0.25, 0.3) is 5.91 Å². The Balaban J connectivity index is 1.56. The predicted octanol–water partition coefficient (Wildman–Crippen LogP) is 4.47. The zero-order valence-corrected chi connectivity index (χ0v) is 15.2. The monoisotopic (exact) mass is 363 g/mol. The molecule has 0 bridgehead atoms. The van der Waals surface area contributed by atoms with Crippen LogP contribution in [0.3, 0.4) is 0 Å². The molecule has 0 saturated heterocycles. The summed E-state index contributed by atoms with van der Waals surface area (Å²) in [5, 5.41) is 8.42. The Bertz CT molecular complexity index is 949. The van der Waals surface area contributed by atoms with Gasteiger partial charge in [-0.2, -0.15) is 0 Å². The van der Waals surface area contributed by atoms with Crippen LogP contribution in [0.25, 0.3) is 0 Å². The molecule has 1 heterocycles. The van der Waals surface area contributed by atoms with Gasteiger partial charge in [0.2, 0.25) is 0 Å². The van der Waals surface area contributed by atoms with Crippen molar-refractivity contribution in [3.8, 4) is 0 Å². The van der Waals surface area contributed by atoms with Gasteiger partial charge in [0.05, 0.1) is 6.26 Å². The van der Waals surface area contributed by atoms with E-state index < -0.39 is 0 Å². The first kappa shape index (κ1) is 18.3. The van der Waals surface area contributed by atoms with Crippen molar-refractivity contribution in [3.63, 3.8) is 0 Å². The highest BCUT2D eigenvalue weighted by molar-refractivity contribution is 6.02. The van der Waals surface area contributed by atoms with Gasteiger partial charge in [-0.1, -0.05) is 29.8 Å². The van der Waals surface area contributed by atoms with Gasteiger partial charge in [0.15, 0.2) is 5.76 Å². The number of hydrogen-bond acceptors (Lipinski definition) is 3. The van der Waals surface area contributed by atoms with Crippen molar-refractivity contribution in [2.75, 3.05) is 10.6 Å². The summed E-state index contributed by atoms with van der Waals surface area (Å²) in [7, 11) is 0. The van der Waals surface area contributed by atoms with Crippen molar-refractivity contribution in [2.24, 2.45) is 0 Å². The molecule has 6 nitrogen and oxygen atoms in total. The minimum Gasteiger partial charge on any atom is -0.459 e. The van der Waals surface area contributed by atoms with E-state index in [0.29, 0.717) is 12.2 Å². The molecule has 0 aliphatic heterocycles. The second kappa shape index (κ2) is 8.23. The van der Waals surface area contributed by atoms with Crippen LogP contribution in [0, 0.1) is 13.8 Å². The lowest BCUT2D eigenvalue weighted by Crippen LogP contribution is -2.28. The molecule has 0 fully saturated rings. The number of hydrogen-bond donors (Lipinski definition) is 3. The molecule has 0 spiro atoms. The Hall–Kier alpha value is -3.54. The first-order chi connectivity index (χ1) is 13.0. The van der Waals surface area contributed by atoms with Crippen LogP contribution in [-0.4, -0.2) is 11.9 Å². The third kappa shape index (κ3) is 4.98. The average Bonchev–Trinajstić information content (AvgIpc) is 3.18. The molecule has 1 aromatic heterocycles. The van der Waals surface area contributed by atoms with Gasteiger partial charge < -0.3 is 20.4 Å². The SMILES string of the molecule is Cc1ccc(NC(=O)NCc2cccc(NC(=O)c3ccco3)c2)c(C)c1. The Morgan fingerprint density at radius 2 is 1.81 bits per heavy atom. The summed E-state index contributed by atoms with van der Waals surface area (Å²) in [6, 6.07) is 16.1. The van der Waals surface area contributed by atoms with Crippen LogP contribution in [0.5, 0.6) is 0 Å². The summed E-state index contributed by atoms with van der Waals surface area (Å²) >= 11 is 0. The molecule has 3 N–H and O–H groups in total. The van der Waals surface area contributed by atoms with Crippen molar-refractivity contribution in [1.82, 2.24) is 5.32 Å². The summed E-state index contributed by atoms with van der Waals surface area (Å²) in [4.78, 5) is 24.2. The van der Waals surface area contributed by atoms with Gasteiger partial charge in [-0.15, -0.1) is 0 Å². The van der Waals surface area contributed by atoms with Crippen LogP contribution in [0.4, 0.5) is 16.2 Å². The normalized spacial score (nSPS) is 10.3. The van der Waals surface area contributed by atoms with E-state index >= 15 is 0 Å². The minimum atomic E-state index is -0.322. The van der Waals surface area contributed by atoms with E-state index in [9.17, 15) is 9.59 Å². The maximum Gasteiger partial charge on any atom is 0.319 e. The lowest BCUT2D eigenvalue weighted by atomic mass is 10.1. The van der Waals surface area contributed by atoms with E-state index in [0.717, 1.165) is 22.4 Å². The molecule has 27 heavy (non-hydrogen) atoms. The summed E-state index contributed by atoms with van der Waals surface area (Å²) in [6.07, 6.45) is 1.45. The maximum absolute atomic E-state index is 12.1. The van der Waals surface area contributed by atoms with Gasteiger partial charge in [0, 0.05) is 17.9 Å². The lowest BCUT2D eigenvalue weighted by Gasteiger charge is -2.11. The smallest absolute Gasteiger partial charge is 0.319 e. The fraction of sp³-hybridized carbons (Fsp3) is 0.143. The van der Waals surface area contributed by atoms with Crippen LogP contribution < -0.4 is 16.0 Å². The number of aryl methyl sites for hydroxylation is 2. The average molecular weight is 363 g/mol. The van der Waals surface area contributed by atoms with E-state index in [1.165, 1.54) is 6.26 Å². The van der Waals surface area contributed by atoms with Crippen molar-refractivity contribution < 1.29 is 14.0 Å². The van der Waals surface area contributed by atoms with E-state index in [4.69, 9.17) is 4.42 Å². The highest BCUT2D eigenvalue weighted by Crippen LogP contribution is 2.16. The molecule has 2 aromatic carbocycles. The standard InChI is InChI=1S/C21H21N3O3/c1-14-8-9-18(15(2)11-14)24-21(26)22-13-16-5-3-6-17(12-16)23-20(25)19-7-4-10-27-19/h3-12H,13H2,1-2H3,(H,23,25)(H2,22,24,26). The zero-order valence-electron chi connectivity index (χ0n) is 15.2. The van der Waals surface area contributed by atoms with E-state index in [1.54, 1.807) is 24.3 Å². The molecule has 138 valence electrons. The van der Waals surface area contributed by atoms with Crippen LogP contribution in [-0.2, 0) is 6.54 Å². The van der Waals surface area contributed by atoms with E-state index in [-0.39, 0.29) is 17.7 Å². The van der Waals surface area contributed by atoms with Crippen LogP contribution in [0.15, 0.2) is 65.3 Å². The summed E-state index contributed by atoms with van der Waals surface area (Å²) in [6.45, 7) is 4.30. The number of amides is 3. The number of rotatable bonds is 5. The fourth-order valence-electron chi connectivity index (χ4n) is 2.66. The second-order valence-corrected chi connectivity index (χ2v) is 6.26. The largest absolute Gasteiger partial charge is 0.459 e. The number of anilines is 2. The van der Waals surface area contributed by atoms with Crippen molar-refractivity contribution >= 4 is 23.3 Å². The molecule has 0 aliphatic rings. The minimum absolute atomic E-state index is 0.242. The van der Waals surface area contributed by atoms with Crippen LogP contribution >= 0.6 is 0 Å². The van der Waals surface area contributed by atoms with Crippen molar-refractivity contribution in [3.05, 3.63) is 83.3 Å². The van der Waals surface area contributed by atoms with Gasteiger partial charge >= 0.3 is 6.03 Å².